The fraction of sp³-hybridized carbons (Fsp3) is 0.353. The first kappa shape index (κ1) is 17.4. The van der Waals surface area contributed by atoms with Crippen molar-refractivity contribution >= 4 is 38.1 Å². The molecule has 4 aromatic heterocycles. The Hall–Kier alpha value is -2.66. The van der Waals surface area contributed by atoms with Crippen molar-refractivity contribution in [3.05, 3.63) is 44.5 Å². The molecule has 28 heavy (non-hydrogen) atoms. The number of imidazole rings is 2. The monoisotopic (exact) mass is 419 g/mol. The van der Waals surface area contributed by atoms with Gasteiger partial charge >= 0.3 is 5.69 Å². The molecular weight excluding hydrogens is 402 g/mol. The van der Waals surface area contributed by atoms with E-state index in [9.17, 15) is 18.0 Å². The molecule has 146 valence electrons. The minimum atomic E-state index is -3.11. The number of thiophene rings is 1. The molecule has 0 radical (unpaired) electrons. The van der Waals surface area contributed by atoms with E-state index in [4.69, 9.17) is 0 Å². The van der Waals surface area contributed by atoms with Crippen LogP contribution in [0.3, 0.4) is 0 Å². The number of aromatic nitrogens is 5. The minimum absolute atomic E-state index is 0.0376. The van der Waals surface area contributed by atoms with Crippen LogP contribution in [0.5, 0.6) is 0 Å². The molecule has 0 aromatic carbocycles. The van der Waals surface area contributed by atoms with Crippen molar-refractivity contribution in [2.75, 3.05) is 11.5 Å². The molecule has 1 fully saturated rings. The van der Waals surface area contributed by atoms with Crippen LogP contribution >= 0.6 is 11.3 Å². The van der Waals surface area contributed by atoms with E-state index in [1.54, 1.807) is 11.4 Å². The molecule has 0 unspecified atom stereocenters. The summed E-state index contributed by atoms with van der Waals surface area (Å²) < 4.78 is 30.2. The molecule has 5 rings (SSSR count). The maximum atomic E-state index is 12.8. The van der Waals surface area contributed by atoms with Gasteiger partial charge in [-0.05, 0) is 17.9 Å². The Kier molecular flexibility index (Phi) is 3.53. The van der Waals surface area contributed by atoms with Gasteiger partial charge in [-0.15, -0.1) is 11.3 Å². The van der Waals surface area contributed by atoms with Crippen molar-refractivity contribution in [1.82, 2.24) is 23.1 Å². The lowest BCUT2D eigenvalue weighted by Gasteiger charge is -2.13. The second-order valence-electron chi connectivity index (χ2n) is 7.08. The summed E-state index contributed by atoms with van der Waals surface area (Å²) in [4.78, 5) is 30.6. The molecule has 1 saturated heterocycles. The van der Waals surface area contributed by atoms with Crippen molar-refractivity contribution < 1.29 is 8.42 Å². The molecule has 0 N–H and O–H groups in total. The molecule has 1 aliphatic heterocycles. The van der Waals surface area contributed by atoms with Crippen LogP contribution in [0.15, 0.2) is 33.3 Å². The van der Waals surface area contributed by atoms with E-state index in [2.05, 4.69) is 4.98 Å². The molecule has 0 saturated carbocycles. The highest BCUT2D eigenvalue weighted by molar-refractivity contribution is 7.91. The molecule has 9 nitrogen and oxygen atoms in total. The highest BCUT2D eigenvalue weighted by atomic mass is 32.2. The maximum Gasteiger partial charge on any atom is 0.332 e. The average molecular weight is 419 g/mol. The van der Waals surface area contributed by atoms with E-state index in [0.717, 1.165) is 15.1 Å². The van der Waals surface area contributed by atoms with E-state index >= 15 is 0 Å². The van der Waals surface area contributed by atoms with Gasteiger partial charge in [0.1, 0.15) is 0 Å². The van der Waals surface area contributed by atoms with Crippen LogP contribution in [0.25, 0.3) is 27.5 Å². The number of sulfone groups is 1. The molecule has 1 aliphatic rings. The Morgan fingerprint density at radius 2 is 2.00 bits per heavy atom. The molecule has 0 aliphatic carbocycles. The molecule has 0 spiro atoms. The normalized spacial score (nSPS) is 19.1. The zero-order valence-electron chi connectivity index (χ0n) is 15.2. The smallest absolute Gasteiger partial charge is 0.305 e. The lowest BCUT2D eigenvalue weighted by molar-refractivity contribution is 0.571. The minimum Gasteiger partial charge on any atom is -0.305 e. The van der Waals surface area contributed by atoms with Gasteiger partial charge in [-0.2, -0.15) is 4.98 Å². The molecule has 4 aromatic rings. The van der Waals surface area contributed by atoms with Crippen LogP contribution in [0.2, 0.25) is 0 Å². The first-order chi connectivity index (χ1) is 13.3. The number of fused-ring (bicyclic) bond motifs is 3. The molecule has 5 heterocycles. The Bertz CT molecular complexity index is 1470. The fourth-order valence-corrected chi connectivity index (χ4v) is 6.37. The van der Waals surface area contributed by atoms with Crippen LogP contribution in [0.1, 0.15) is 12.5 Å². The predicted octanol–water partition coefficient (Wildman–Crippen LogP) is 0.775. The molecular formula is C17H17N5O4S2. The van der Waals surface area contributed by atoms with Gasteiger partial charge in [-0.3, -0.25) is 18.3 Å². The van der Waals surface area contributed by atoms with Gasteiger partial charge in [0.15, 0.2) is 21.0 Å². The standard InChI is InChI=1S/C17H17N5O4S2/c1-19-14-13(15(23)20(2)17(19)24)21-8-11(12-4-3-6-27-12)22(16(21)18-14)10-5-7-28(25,26)9-10/h3-4,6,8,10H,5,7,9H2,1-2H3/t10-/m0/s1. The number of hydrogen-bond acceptors (Lipinski definition) is 6. The molecule has 1 atom stereocenters. The van der Waals surface area contributed by atoms with Crippen molar-refractivity contribution in [1.29, 1.82) is 0 Å². The fourth-order valence-electron chi connectivity index (χ4n) is 3.93. The Balaban J connectivity index is 1.92. The van der Waals surface area contributed by atoms with Crippen LogP contribution in [0, 0.1) is 0 Å². The van der Waals surface area contributed by atoms with Crippen molar-refractivity contribution in [2.45, 2.75) is 12.5 Å². The Morgan fingerprint density at radius 1 is 1.21 bits per heavy atom. The molecule has 0 amide bonds. The SMILES string of the molecule is Cn1c(=O)c2c(nc3n([C@H]4CCS(=O)(=O)C4)c(-c4cccs4)cn23)n(C)c1=O. The lowest BCUT2D eigenvalue weighted by Crippen LogP contribution is -2.37. The summed E-state index contributed by atoms with van der Waals surface area (Å²) >= 11 is 1.54. The van der Waals surface area contributed by atoms with Gasteiger partial charge in [0.05, 0.1) is 28.1 Å². The van der Waals surface area contributed by atoms with E-state index in [1.807, 2.05) is 28.3 Å². The third-order valence-electron chi connectivity index (χ3n) is 5.35. The Morgan fingerprint density at radius 3 is 2.64 bits per heavy atom. The first-order valence-corrected chi connectivity index (χ1v) is 11.4. The zero-order valence-corrected chi connectivity index (χ0v) is 16.8. The lowest BCUT2D eigenvalue weighted by atomic mass is 10.2. The predicted molar refractivity (Wildman–Crippen MR) is 107 cm³/mol. The number of aryl methyl sites for hydroxylation is 1. The van der Waals surface area contributed by atoms with Gasteiger partial charge in [0.2, 0.25) is 5.78 Å². The van der Waals surface area contributed by atoms with Crippen LogP contribution in [-0.2, 0) is 23.9 Å². The average Bonchev–Trinajstić information content (AvgIpc) is 3.40. The van der Waals surface area contributed by atoms with Crippen LogP contribution in [0.4, 0.5) is 0 Å². The van der Waals surface area contributed by atoms with Gasteiger partial charge in [0, 0.05) is 20.3 Å². The summed E-state index contributed by atoms with van der Waals surface area (Å²) in [6.07, 6.45) is 2.30. The third kappa shape index (κ3) is 2.29. The van der Waals surface area contributed by atoms with E-state index in [1.165, 1.54) is 23.0 Å². The van der Waals surface area contributed by atoms with Gasteiger partial charge in [-0.1, -0.05) is 6.07 Å². The molecule has 11 heteroatoms. The Labute approximate surface area is 163 Å². The van der Waals surface area contributed by atoms with E-state index < -0.39 is 21.1 Å². The number of hydrogen-bond donors (Lipinski definition) is 0. The summed E-state index contributed by atoms with van der Waals surface area (Å²) in [6, 6.07) is 3.61. The van der Waals surface area contributed by atoms with Gasteiger partial charge in [0.25, 0.3) is 5.56 Å². The number of rotatable bonds is 2. The summed E-state index contributed by atoms with van der Waals surface area (Å²) in [6.45, 7) is 0. The van der Waals surface area contributed by atoms with E-state index in [-0.39, 0.29) is 23.2 Å². The maximum absolute atomic E-state index is 12.8. The highest BCUT2D eigenvalue weighted by Gasteiger charge is 2.33. The van der Waals surface area contributed by atoms with Crippen molar-refractivity contribution in [2.24, 2.45) is 14.1 Å². The van der Waals surface area contributed by atoms with Crippen molar-refractivity contribution in [3.8, 4) is 10.6 Å². The summed E-state index contributed by atoms with van der Waals surface area (Å²) in [5.74, 6) is 0.640. The summed E-state index contributed by atoms with van der Waals surface area (Å²) in [5, 5.41) is 1.95. The quantitative estimate of drug-likeness (QED) is 0.478. The summed E-state index contributed by atoms with van der Waals surface area (Å²) in [7, 11) is -0.106. The zero-order chi connectivity index (χ0) is 19.8. The topological polar surface area (TPSA) is 100 Å². The van der Waals surface area contributed by atoms with Gasteiger partial charge < -0.3 is 4.57 Å². The van der Waals surface area contributed by atoms with Crippen LogP contribution < -0.4 is 11.2 Å². The van der Waals surface area contributed by atoms with Gasteiger partial charge in [-0.25, -0.2) is 13.2 Å². The highest BCUT2D eigenvalue weighted by Crippen LogP contribution is 2.35. The second kappa shape index (κ2) is 5.67. The second-order valence-corrected chi connectivity index (χ2v) is 10.3. The number of nitrogens with zero attached hydrogens (tertiary/aromatic N) is 5. The van der Waals surface area contributed by atoms with Crippen LogP contribution in [-0.4, -0.2) is 43.0 Å². The summed E-state index contributed by atoms with van der Waals surface area (Å²) in [5.41, 5.74) is 0.524. The largest absolute Gasteiger partial charge is 0.332 e. The molecule has 0 bridgehead atoms. The van der Waals surface area contributed by atoms with Crippen molar-refractivity contribution in [3.63, 3.8) is 0 Å². The van der Waals surface area contributed by atoms with E-state index in [0.29, 0.717) is 17.7 Å². The third-order valence-corrected chi connectivity index (χ3v) is 7.99. The first-order valence-electron chi connectivity index (χ1n) is 8.72.